The van der Waals surface area contributed by atoms with Gasteiger partial charge in [-0.25, -0.2) is 9.67 Å². The lowest BCUT2D eigenvalue weighted by molar-refractivity contribution is 0.0940. The van der Waals surface area contributed by atoms with Crippen LogP contribution in [-0.2, 0) is 0 Å². The molecule has 0 bridgehead atoms. The number of hydrogen-bond donors (Lipinski definition) is 2. The summed E-state index contributed by atoms with van der Waals surface area (Å²) >= 11 is 0. The number of hydrogen-bond acceptors (Lipinski definition) is 6. The van der Waals surface area contributed by atoms with Crippen molar-refractivity contribution in [1.82, 2.24) is 24.6 Å². The van der Waals surface area contributed by atoms with E-state index in [9.17, 15) is 9.59 Å². The summed E-state index contributed by atoms with van der Waals surface area (Å²) in [4.78, 5) is 34.1. The number of amides is 1. The number of aliphatic imine (C=N–C) groups is 1. The van der Waals surface area contributed by atoms with E-state index in [4.69, 9.17) is 5.73 Å². The predicted octanol–water partition coefficient (Wildman–Crippen LogP) is 4.78. The molecular formula is C33H35N7O2. The Morgan fingerprint density at radius 1 is 1.19 bits per heavy atom. The summed E-state index contributed by atoms with van der Waals surface area (Å²) in [5.41, 5.74) is 8.03. The number of likely N-dealkylation sites (tertiary alicyclic amines) is 1. The Balaban J connectivity index is 1.59. The second-order valence-electron chi connectivity index (χ2n) is 10.5. The summed E-state index contributed by atoms with van der Waals surface area (Å²) in [5, 5.41) is 8.51. The monoisotopic (exact) mass is 561 g/mol. The zero-order valence-corrected chi connectivity index (χ0v) is 24.2. The van der Waals surface area contributed by atoms with Crippen molar-refractivity contribution in [3.8, 4) is 17.5 Å². The van der Waals surface area contributed by atoms with E-state index in [-0.39, 0.29) is 22.8 Å². The fourth-order valence-electron chi connectivity index (χ4n) is 5.38. The Hall–Kier alpha value is -4.94. The van der Waals surface area contributed by atoms with Crippen molar-refractivity contribution in [3.63, 3.8) is 0 Å². The number of carbonyl (C=O) groups excluding carboxylic acids is 1. The largest absolute Gasteiger partial charge is 0.381 e. The van der Waals surface area contributed by atoms with E-state index in [1.54, 1.807) is 16.8 Å². The number of benzene rings is 2. The van der Waals surface area contributed by atoms with Gasteiger partial charge in [0.05, 0.1) is 11.4 Å². The number of pyridine rings is 1. The van der Waals surface area contributed by atoms with Crippen molar-refractivity contribution in [2.45, 2.75) is 32.7 Å². The maximum Gasteiger partial charge on any atom is 0.264 e. The number of rotatable bonds is 6. The number of aromatic nitrogens is 3. The van der Waals surface area contributed by atoms with Gasteiger partial charge >= 0.3 is 0 Å². The van der Waals surface area contributed by atoms with E-state index in [0.717, 1.165) is 31.3 Å². The molecule has 0 saturated carbocycles. The number of fused-ring (bicyclic) bond motifs is 1. The lowest BCUT2D eigenvalue weighted by Gasteiger charge is -2.25. The summed E-state index contributed by atoms with van der Waals surface area (Å²) in [6, 6.07) is 16.5. The highest BCUT2D eigenvalue weighted by Crippen LogP contribution is 2.28. The van der Waals surface area contributed by atoms with Crippen molar-refractivity contribution in [3.05, 3.63) is 87.8 Å². The minimum atomic E-state index is -0.578. The number of carbonyl (C=O) groups is 1. The average molecular weight is 562 g/mol. The van der Waals surface area contributed by atoms with Crippen LogP contribution in [-0.4, -0.2) is 52.0 Å². The summed E-state index contributed by atoms with van der Waals surface area (Å²) < 4.78 is 3.05. The van der Waals surface area contributed by atoms with Gasteiger partial charge in [-0.2, -0.15) is 0 Å². The predicted molar refractivity (Wildman–Crippen MR) is 169 cm³/mol. The van der Waals surface area contributed by atoms with Crippen molar-refractivity contribution in [1.29, 1.82) is 0 Å². The van der Waals surface area contributed by atoms with E-state index in [1.165, 1.54) is 4.68 Å². The van der Waals surface area contributed by atoms with Gasteiger partial charge in [-0.3, -0.25) is 14.2 Å². The van der Waals surface area contributed by atoms with E-state index < -0.39 is 11.9 Å². The van der Waals surface area contributed by atoms with Crippen LogP contribution >= 0.6 is 0 Å². The minimum Gasteiger partial charge on any atom is -0.381 e. The van der Waals surface area contributed by atoms with Crippen LogP contribution < -0.4 is 16.6 Å². The van der Waals surface area contributed by atoms with E-state index in [0.29, 0.717) is 28.2 Å². The van der Waals surface area contributed by atoms with Gasteiger partial charge in [-0.15, -0.1) is 5.10 Å². The molecule has 1 aliphatic heterocycles. The molecule has 0 spiro atoms. The number of allylic oxidation sites excluding steroid dienone is 1. The fourth-order valence-corrected chi connectivity index (χ4v) is 5.38. The molecule has 2 aromatic heterocycles. The third kappa shape index (κ3) is 5.62. The highest BCUT2D eigenvalue weighted by molar-refractivity contribution is 6.03. The average Bonchev–Trinajstić information content (AvgIpc) is 3.31. The zero-order chi connectivity index (χ0) is 29.8. The SMILES string of the molecule is C=Nc1c(C(=O)N[C@@H](C)c2cc3cccc(C#CC4CCN(C)CC4)c3c(=O)n2-c2ccccc2)c(N)nn1/C=C\C. The maximum atomic E-state index is 14.3. The van der Waals surface area contributed by atoms with Gasteiger partial charge in [0.25, 0.3) is 11.5 Å². The molecule has 3 N–H and O–H groups in total. The molecular weight excluding hydrogens is 526 g/mol. The molecule has 1 atom stereocenters. The molecule has 1 fully saturated rings. The van der Waals surface area contributed by atoms with E-state index in [2.05, 4.69) is 45.9 Å². The Morgan fingerprint density at radius 2 is 1.93 bits per heavy atom. The molecule has 4 aromatic rings. The molecule has 1 aliphatic rings. The topological polar surface area (TPSA) is 111 Å². The lowest BCUT2D eigenvalue weighted by atomic mass is 9.96. The van der Waals surface area contributed by atoms with Gasteiger partial charge in [0.1, 0.15) is 5.56 Å². The Kier molecular flexibility index (Phi) is 8.36. The zero-order valence-electron chi connectivity index (χ0n) is 24.2. The van der Waals surface area contributed by atoms with Crippen LogP contribution in [0.3, 0.4) is 0 Å². The first-order valence-electron chi connectivity index (χ1n) is 14.0. The molecule has 1 saturated heterocycles. The quantitative estimate of drug-likeness (QED) is 0.260. The van der Waals surface area contributed by atoms with Gasteiger partial charge in [-0.05, 0) is 83.2 Å². The molecule has 3 heterocycles. The van der Waals surface area contributed by atoms with Crippen molar-refractivity contribution in [2.24, 2.45) is 10.9 Å². The molecule has 0 radical (unpaired) electrons. The smallest absolute Gasteiger partial charge is 0.264 e. The molecule has 9 nitrogen and oxygen atoms in total. The number of nitrogens with one attached hydrogen (secondary N) is 1. The number of nitrogens with two attached hydrogens (primary N) is 1. The fraction of sp³-hybridized carbons (Fsp3) is 0.273. The number of para-hydroxylation sites is 1. The van der Waals surface area contributed by atoms with Crippen LogP contribution in [0.4, 0.5) is 11.6 Å². The normalized spacial score (nSPS) is 14.9. The Bertz CT molecular complexity index is 1780. The Morgan fingerprint density at radius 3 is 2.62 bits per heavy atom. The Labute approximate surface area is 245 Å². The van der Waals surface area contributed by atoms with Crippen LogP contribution in [0.1, 0.15) is 54.3 Å². The molecule has 5 rings (SSSR count). The van der Waals surface area contributed by atoms with Crippen LogP contribution in [0.25, 0.3) is 22.7 Å². The number of nitrogen functional groups attached to an aromatic ring is 1. The van der Waals surface area contributed by atoms with E-state index >= 15 is 0 Å². The van der Waals surface area contributed by atoms with Crippen LogP contribution in [0.2, 0.25) is 0 Å². The van der Waals surface area contributed by atoms with Gasteiger partial charge in [0, 0.05) is 29.1 Å². The molecule has 0 aliphatic carbocycles. The first-order valence-corrected chi connectivity index (χ1v) is 14.0. The van der Waals surface area contributed by atoms with Gasteiger partial charge < -0.3 is 16.0 Å². The van der Waals surface area contributed by atoms with Crippen LogP contribution in [0, 0.1) is 17.8 Å². The van der Waals surface area contributed by atoms with Gasteiger partial charge in [-0.1, -0.05) is 48.2 Å². The molecule has 9 heteroatoms. The summed E-state index contributed by atoms with van der Waals surface area (Å²) in [5.74, 6) is 6.86. The van der Waals surface area contributed by atoms with Gasteiger partial charge in [0.2, 0.25) is 0 Å². The van der Waals surface area contributed by atoms with Crippen LogP contribution in [0.5, 0.6) is 0 Å². The minimum absolute atomic E-state index is 0.0342. The third-order valence-corrected chi connectivity index (χ3v) is 7.59. The summed E-state index contributed by atoms with van der Waals surface area (Å²) in [6.07, 6.45) is 5.44. The molecule has 42 heavy (non-hydrogen) atoms. The number of nitrogens with zero attached hydrogens (tertiary/aromatic N) is 5. The number of piperidine rings is 1. The van der Waals surface area contributed by atoms with Crippen molar-refractivity contribution in [2.75, 3.05) is 25.9 Å². The third-order valence-electron chi connectivity index (χ3n) is 7.59. The standard InChI is InChI=1S/C33H35N7O2/c1-5-18-39-31(35-3)29(30(34)37-39)32(41)36-22(2)27-21-25-11-9-10-24(15-14-23-16-19-38(4)20-17-23)28(25)33(42)40(27)26-12-7-6-8-13-26/h5-13,18,21-23H,3,16-17,19-20H2,1-2,4H3,(H2,34,37)(H,36,41)/b18-5-/t22-/m0/s1. The summed E-state index contributed by atoms with van der Waals surface area (Å²) in [7, 11) is 2.13. The first-order chi connectivity index (χ1) is 20.3. The van der Waals surface area contributed by atoms with Gasteiger partial charge in [0.15, 0.2) is 11.6 Å². The van der Waals surface area contributed by atoms with Crippen molar-refractivity contribution >= 4 is 41.2 Å². The highest BCUT2D eigenvalue weighted by atomic mass is 16.2. The second-order valence-corrected chi connectivity index (χ2v) is 10.5. The second kappa shape index (κ2) is 12.3. The molecule has 2 aromatic carbocycles. The maximum absolute atomic E-state index is 14.3. The summed E-state index contributed by atoms with van der Waals surface area (Å²) in [6.45, 7) is 9.28. The number of anilines is 1. The first kappa shape index (κ1) is 28.6. The van der Waals surface area contributed by atoms with E-state index in [1.807, 2.05) is 68.4 Å². The molecule has 1 amide bonds. The highest BCUT2D eigenvalue weighted by Gasteiger charge is 2.25. The lowest BCUT2D eigenvalue weighted by Crippen LogP contribution is -2.32. The van der Waals surface area contributed by atoms with Crippen molar-refractivity contribution < 1.29 is 4.79 Å². The molecule has 214 valence electrons. The molecule has 0 unspecified atom stereocenters. The van der Waals surface area contributed by atoms with Crippen LogP contribution in [0.15, 0.2) is 70.5 Å².